The Labute approximate surface area is 94.4 Å². The Morgan fingerprint density at radius 1 is 1.69 bits per heavy atom. The average molecular weight is 247 g/mol. The maximum absolute atomic E-state index is 12.5. The summed E-state index contributed by atoms with van der Waals surface area (Å²) >= 11 is 5.12. The highest BCUT2D eigenvalue weighted by atomic mass is 35.5. The molecule has 0 N–H and O–H groups in total. The number of carbonyl (C=O) groups is 1. The van der Waals surface area contributed by atoms with Crippen LogP contribution < -0.4 is 4.74 Å². The van der Waals surface area contributed by atoms with E-state index in [2.05, 4.69) is 9.72 Å². The van der Waals surface area contributed by atoms with Crippen LogP contribution in [0.3, 0.4) is 0 Å². The molecule has 0 saturated carbocycles. The van der Waals surface area contributed by atoms with Gasteiger partial charge in [0.1, 0.15) is 23.2 Å². The van der Waals surface area contributed by atoms with Crippen molar-refractivity contribution in [1.29, 1.82) is 5.26 Å². The van der Waals surface area contributed by atoms with Crippen molar-refractivity contribution in [2.45, 2.75) is 6.43 Å². The molecule has 1 aromatic heterocycles. The number of nitriles is 1. The van der Waals surface area contributed by atoms with E-state index >= 15 is 0 Å². The molecule has 16 heavy (non-hydrogen) atoms. The quantitative estimate of drug-likeness (QED) is 0.768. The van der Waals surface area contributed by atoms with Gasteiger partial charge in [-0.15, -0.1) is 0 Å². The number of alkyl halides is 2. The minimum atomic E-state index is -2.92. The molecule has 1 aromatic rings. The molecular weight excluding hydrogens is 242 g/mol. The molecule has 7 heteroatoms. The summed E-state index contributed by atoms with van der Waals surface area (Å²) < 4.78 is 29.7. The molecular formula is C9H5ClF2N2O2. The molecule has 84 valence electrons. The van der Waals surface area contributed by atoms with E-state index in [1.54, 1.807) is 6.07 Å². The number of hydrogen-bond donors (Lipinski definition) is 0. The van der Waals surface area contributed by atoms with E-state index < -0.39 is 23.1 Å². The molecule has 0 aliphatic carbocycles. The number of aromatic nitrogens is 1. The first kappa shape index (κ1) is 12.3. The highest BCUT2D eigenvalue weighted by molar-refractivity contribution is 6.67. The van der Waals surface area contributed by atoms with E-state index in [9.17, 15) is 13.6 Å². The molecule has 0 aliphatic rings. The van der Waals surface area contributed by atoms with Crippen molar-refractivity contribution < 1.29 is 18.3 Å². The third-order valence-electron chi connectivity index (χ3n) is 1.75. The molecule has 0 saturated heterocycles. The predicted molar refractivity (Wildman–Crippen MR) is 50.6 cm³/mol. The summed E-state index contributed by atoms with van der Waals surface area (Å²) in [6, 6.07) is 2.63. The fourth-order valence-corrected chi connectivity index (χ4v) is 1.21. The number of carbonyl (C=O) groups excluding carboxylic acids is 1. The lowest BCUT2D eigenvalue weighted by Gasteiger charge is -2.08. The number of rotatable bonds is 3. The molecule has 0 spiro atoms. The van der Waals surface area contributed by atoms with Crippen LogP contribution in [0.5, 0.6) is 5.75 Å². The van der Waals surface area contributed by atoms with Gasteiger partial charge in [0.25, 0.3) is 11.7 Å². The second kappa shape index (κ2) is 4.86. The fourth-order valence-electron chi connectivity index (χ4n) is 1.06. The summed E-state index contributed by atoms with van der Waals surface area (Å²) in [5.41, 5.74) is -1.42. The van der Waals surface area contributed by atoms with Gasteiger partial charge >= 0.3 is 0 Å². The molecule has 0 bridgehead atoms. The molecule has 0 radical (unpaired) electrons. The molecule has 0 aliphatic heterocycles. The van der Waals surface area contributed by atoms with Gasteiger partial charge in [0.05, 0.1) is 12.7 Å². The van der Waals surface area contributed by atoms with Crippen molar-refractivity contribution in [3.05, 3.63) is 23.0 Å². The van der Waals surface area contributed by atoms with Gasteiger partial charge in [0, 0.05) is 6.07 Å². The Morgan fingerprint density at radius 2 is 2.31 bits per heavy atom. The second-order valence-corrected chi connectivity index (χ2v) is 3.00. The summed E-state index contributed by atoms with van der Waals surface area (Å²) in [4.78, 5) is 14.2. The number of pyridine rings is 1. The van der Waals surface area contributed by atoms with Gasteiger partial charge in [0.15, 0.2) is 0 Å². The number of ether oxygens (including phenoxy) is 1. The lowest BCUT2D eigenvalue weighted by molar-refractivity contribution is 0.107. The normalized spacial score (nSPS) is 10.0. The van der Waals surface area contributed by atoms with Gasteiger partial charge in [-0.3, -0.25) is 4.79 Å². The van der Waals surface area contributed by atoms with Crippen LogP contribution in [-0.4, -0.2) is 17.3 Å². The van der Waals surface area contributed by atoms with Crippen molar-refractivity contribution in [2.24, 2.45) is 0 Å². The van der Waals surface area contributed by atoms with Crippen LogP contribution in [0, 0.1) is 11.3 Å². The Morgan fingerprint density at radius 3 is 2.69 bits per heavy atom. The first-order valence-corrected chi connectivity index (χ1v) is 4.36. The topological polar surface area (TPSA) is 63.0 Å². The summed E-state index contributed by atoms with van der Waals surface area (Å²) in [7, 11) is 1.16. The van der Waals surface area contributed by atoms with E-state index in [4.69, 9.17) is 16.9 Å². The van der Waals surface area contributed by atoms with E-state index in [-0.39, 0.29) is 11.3 Å². The smallest absolute Gasteiger partial charge is 0.284 e. The summed E-state index contributed by atoms with van der Waals surface area (Å²) in [6.45, 7) is 0. The molecule has 1 heterocycles. The molecule has 0 aromatic carbocycles. The number of halogens is 3. The van der Waals surface area contributed by atoms with Gasteiger partial charge in [-0.2, -0.15) is 5.26 Å². The molecule has 0 amide bonds. The minimum absolute atomic E-state index is 0.207. The standard InChI is InChI=1S/C9H5ClF2N2O2/c1-16-5-2-4(3-13)6(8(10)15)14-7(5)9(11)12/h2,9H,1H3. The SMILES string of the molecule is COc1cc(C#N)c(C(=O)Cl)nc1C(F)F. The van der Waals surface area contributed by atoms with E-state index in [1.165, 1.54) is 0 Å². The molecule has 0 fully saturated rings. The first-order valence-electron chi connectivity index (χ1n) is 3.98. The second-order valence-electron chi connectivity index (χ2n) is 2.66. The van der Waals surface area contributed by atoms with Gasteiger partial charge in [-0.05, 0) is 11.6 Å². The zero-order valence-electron chi connectivity index (χ0n) is 8.00. The van der Waals surface area contributed by atoms with Crippen molar-refractivity contribution in [3.63, 3.8) is 0 Å². The van der Waals surface area contributed by atoms with Crippen molar-refractivity contribution >= 4 is 16.8 Å². The Kier molecular flexibility index (Phi) is 3.74. The van der Waals surface area contributed by atoms with Gasteiger partial charge in [-0.25, -0.2) is 13.8 Å². The third kappa shape index (κ3) is 2.25. The molecule has 1 rings (SSSR count). The summed E-state index contributed by atoms with van der Waals surface area (Å²) in [5.74, 6) is -0.256. The van der Waals surface area contributed by atoms with Crippen LogP contribution in [0.2, 0.25) is 0 Å². The van der Waals surface area contributed by atoms with Crippen molar-refractivity contribution in [1.82, 2.24) is 4.98 Å². The Hall–Kier alpha value is -1.74. The van der Waals surface area contributed by atoms with Gasteiger partial charge in [-0.1, -0.05) is 0 Å². The highest BCUT2D eigenvalue weighted by Crippen LogP contribution is 2.29. The number of nitrogens with zero attached hydrogens (tertiary/aromatic N) is 2. The van der Waals surface area contributed by atoms with Crippen LogP contribution in [0.25, 0.3) is 0 Å². The number of methoxy groups -OCH3 is 1. The van der Waals surface area contributed by atoms with Crippen molar-refractivity contribution in [2.75, 3.05) is 7.11 Å². The van der Waals surface area contributed by atoms with E-state index in [0.717, 1.165) is 13.2 Å². The number of hydrogen-bond acceptors (Lipinski definition) is 4. The van der Waals surface area contributed by atoms with Crippen LogP contribution in [0.1, 0.15) is 28.2 Å². The monoisotopic (exact) mass is 246 g/mol. The largest absolute Gasteiger partial charge is 0.495 e. The molecule has 4 nitrogen and oxygen atoms in total. The molecule has 0 unspecified atom stereocenters. The Bertz CT molecular complexity index is 471. The van der Waals surface area contributed by atoms with Crippen LogP contribution in [0.15, 0.2) is 6.07 Å². The van der Waals surface area contributed by atoms with Crippen LogP contribution in [0.4, 0.5) is 8.78 Å². The third-order valence-corrected chi connectivity index (χ3v) is 1.93. The Balaban J connectivity index is 3.48. The van der Waals surface area contributed by atoms with Crippen LogP contribution >= 0.6 is 11.6 Å². The zero-order valence-corrected chi connectivity index (χ0v) is 8.76. The highest BCUT2D eigenvalue weighted by Gasteiger charge is 2.22. The molecule has 0 atom stereocenters. The minimum Gasteiger partial charge on any atom is -0.495 e. The van der Waals surface area contributed by atoms with E-state index in [0.29, 0.717) is 0 Å². The maximum Gasteiger partial charge on any atom is 0.284 e. The summed E-state index contributed by atoms with van der Waals surface area (Å²) in [5, 5.41) is 7.60. The van der Waals surface area contributed by atoms with Crippen LogP contribution in [-0.2, 0) is 0 Å². The zero-order chi connectivity index (χ0) is 12.3. The maximum atomic E-state index is 12.5. The lowest BCUT2D eigenvalue weighted by Crippen LogP contribution is -2.05. The van der Waals surface area contributed by atoms with E-state index in [1.807, 2.05) is 0 Å². The fraction of sp³-hybridized carbons (Fsp3) is 0.222. The van der Waals surface area contributed by atoms with Gasteiger partial charge in [0.2, 0.25) is 0 Å². The average Bonchev–Trinajstić information content (AvgIpc) is 2.26. The van der Waals surface area contributed by atoms with Gasteiger partial charge < -0.3 is 4.74 Å². The lowest BCUT2D eigenvalue weighted by atomic mass is 10.2. The first-order chi connectivity index (χ1) is 7.51. The van der Waals surface area contributed by atoms with Crippen molar-refractivity contribution in [3.8, 4) is 11.8 Å². The summed E-state index contributed by atoms with van der Waals surface area (Å²) in [6.07, 6.45) is -2.92. The predicted octanol–water partition coefficient (Wildman–Crippen LogP) is 2.28.